The summed E-state index contributed by atoms with van der Waals surface area (Å²) in [5, 5.41) is 17.2. The van der Waals surface area contributed by atoms with E-state index in [-0.39, 0.29) is 6.42 Å². The molecule has 4 heteroatoms. The molecule has 1 rings (SSSR count). The van der Waals surface area contributed by atoms with Gasteiger partial charge in [0.2, 0.25) is 0 Å². The molecule has 0 aliphatic rings. The maximum absolute atomic E-state index is 10.4. The number of nitrogens with zero attached hydrogens (tertiary/aromatic N) is 1. The molecule has 0 radical (unpaired) electrons. The lowest BCUT2D eigenvalue weighted by Gasteiger charge is -2.05. The summed E-state index contributed by atoms with van der Waals surface area (Å²) in [7, 11) is 1.54. The Morgan fingerprint density at radius 2 is 2.38 bits per heavy atom. The van der Waals surface area contributed by atoms with Gasteiger partial charge in [-0.1, -0.05) is 6.07 Å². The van der Waals surface area contributed by atoms with E-state index in [1.807, 2.05) is 6.07 Å². The number of benzene rings is 1. The highest BCUT2D eigenvalue weighted by atomic mass is 16.5. The van der Waals surface area contributed by atoms with Crippen LogP contribution in [0, 0.1) is 11.3 Å². The number of hydrogen-bond donors (Lipinski definition) is 1. The van der Waals surface area contributed by atoms with Crippen LogP contribution in [-0.4, -0.2) is 18.2 Å². The summed E-state index contributed by atoms with van der Waals surface area (Å²) >= 11 is 0. The third-order valence-electron chi connectivity index (χ3n) is 2.03. The summed E-state index contributed by atoms with van der Waals surface area (Å²) in [6.45, 7) is 0. The number of carbonyl (C=O) groups is 1. The quantitative estimate of drug-likeness (QED) is 0.781. The molecule has 0 aliphatic heterocycles. The van der Waals surface area contributed by atoms with Crippen molar-refractivity contribution in [2.24, 2.45) is 0 Å². The van der Waals surface area contributed by atoms with Gasteiger partial charge in [-0.05, 0) is 29.3 Å². The van der Waals surface area contributed by atoms with E-state index in [1.165, 1.54) is 13.2 Å². The average Bonchev–Trinajstić information content (AvgIpc) is 2.27. The van der Waals surface area contributed by atoms with E-state index in [0.29, 0.717) is 11.3 Å². The molecule has 16 heavy (non-hydrogen) atoms. The van der Waals surface area contributed by atoms with Crippen LogP contribution >= 0.6 is 0 Å². The number of nitriles is 1. The summed E-state index contributed by atoms with van der Waals surface area (Å²) in [6.07, 6.45) is 2.73. The molecule has 1 N–H and O–H groups in total. The Morgan fingerprint density at radius 1 is 1.62 bits per heavy atom. The molecule has 1 aromatic rings. The van der Waals surface area contributed by atoms with Crippen molar-refractivity contribution in [3.05, 3.63) is 35.4 Å². The lowest BCUT2D eigenvalue weighted by molar-refractivity contribution is -0.131. The van der Waals surface area contributed by atoms with Crippen LogP contribution in [0.5, 0.6) is 5.75 Å². The fraction of sp³-hybridized carbons (Fsp3) is 0.167. The molecule has 0 heterocycles. The predicted octanol–water partition coefficient (Wildman–Crippen LogP) is 1.86. The van der Waals surface area contributed by atoms with Gasteiger partial charge in [0, 0.05) is 6.08 Å². The zero-order valence-corrected chi connectivity index (χ0v) is 8.80. The van der Waals surface area contributed by atoms with Gasteiger partial charge in [-0.15, -0.1) is 0 Å². The molecule has 4 nitrogen and oxygen atoms in total. The second-order valence-electron chi connectivity index (χ2n) is 3.07. The van der Waals surface area contributed by atoms with Gasteiger partial charge < -0.3 is 9.84 Å². The zero-order valence-electron chi connectivity index (χ0n) is 8.80. The Hall–Kier alpha value is -2.28. The molecule has 0 unspecified atom stereocenters. The first-order valence-electron chi connectivity index (χ1n) is 4.62. The molecule has 0 aliphatic carbocycles. The molecule has 0 bridgehead atoms. The predicted molar refractivity (Wildman–Crippen MR) is 59.0 cm³/mol. The van der Waals surface area contributed by atoms with Gasteiger partial charge in [0.1, 0.15) is 5.75 Å². The summed E-state index contributed by atoms with van der Waals surface area (Å²) in [4.78, 5) is 10.4. The molecule has 0 fully saturated rings. The SMILES string of the molecule is COc1ccc(/C=C/C(=O)O)c(CC#N)c1. The normalized spacial score (nSPS) is 10.0. The smallest absolute Gasteiger partial charge is 0.328 e. The van der Waals surface area contributed by atoms with Crippen molar-refractivity contribution in [2.75, 3.05) is 7.11 Å². The minimum Gasteiger partial charge on any atom is -0.497 e. The van der Waals surface area contributed by atoms with Crippen LogP contribution in [-0.2, 0) is 11.2 Å². The number of ether oxygens (including phenoxy) is 1. The van der Waals surface area contributed by atoms with Crippen LogP contribution in [0.25, 0.3) is 6.08 Å². The molecule has 0 saturated heterocycles. The average molecular weight is 217 g/mol. The van der Waals surface area contributed by atoms with E-state index in [0.717, 1.165) is 11.6 Å². The van der Waals surface area contributed by atoms with Gasteiger partial charge in [-0.25, -0.2) is 4.79 Å². The number of rotatable bonds is 4. The Bertz CT molecular complexity index is 458. The van der Waals surface area contributed by atoms with Crippen molar-refractivity contribution < 1.29 is 14.6 Å². The van der Waals surface area contributed by atoms with Gasteiger partial charge in [0.15, 0.2) is 0 Å². The molecular formula is C12H11NO3. The zero-order chi connectivity index (χ0) is 12.0. The van der Waals surface area contributed by atoms with E-state index >= 15 is 0 Å². The van der Waals surface area contributed by atoms with Crippen LogP contribution in [0.15, 0.2) is 24.3 Å². The van der Waals surface area contributed by atoms with Gasteiger partial charge >= 0.3 is 5.97 Å². The lowest BCUT2D eigenvalue weighted by atomic mass is 10.0. The summed E-state index contributed by atoms with van der Waals surface area (Å²) in [5.41, 5.74) is 1.46. The van der Waals surface area contributed by atoms with Crippen molar-refractivity contribution >= 4 is 12.0 Å². The minimum absolute atomic E-state index is 0.219. The van der Waals surface area contributed by atoms with E-state index in [9.17, 15) is 4.79 Å². The van der Waals surface area contributed by atoms with E-state index < -0.39 is 5.97 Å². The Kier molecular flexibility index (Phi) is 4.10. The first-order chi connectivity index (χ1) is 7.67. The fourth-order valence-electron chi connectivity index (χ4n) is 1.27. The van der Waals surface area contributed by atoms with Crippen molar-refractivity contribution in [3.8, 4) is 11.8 Å². The van der Waals surface area contributed by atoms with E-state index in [4.69, 9.17) is 15.1 Å². The maximum Gasteiger partial charge on any atom is 0.328 e. The van der Waals surface area contributed by atoms with E-state index in [1.54, 1.807) is 18.2 Å². The third kappa shape index (κ3) is 3.14. The Balaban J connectivity index is 3.08. The van der Waals surface area contributed by atoms with Crippen LogP contribution in [0.2, 0.25) is 0 Å². The van der Waals surface area contributed by atoms with Gasteiger partial charge in [-0.2, -0.15) is 5.26 Å². The number of aliphatic carboxylic acids is 1. The molecule has 0 aromatic heterocycles. The van der Waals surface area contributed by atoms with E-state index in [2.05, 4.69) is 0 Å². The maximum atomic E-state index is 10.4. The van der Waals surface area contributed by atoms with Gasteiger partial charge in [0.05, 0.1) is 19.6 Å². The molecule has 0 spiro atoms. The third-order valence-corrected chi connectivity index (χ3v) is 2.03. The Labute approximate surface area is 93.4 Å². The monoisotopic (exact) mass is 217 g/mol. The van der Waals surface area contributed by atoms with Crippen molar-refractivity contribution in [1.29, 1.82) is 5.26 Å². The highest BCUT2D eigenvalue weighted by Gasteiger charge is 2.02. The Morgan fingerprint density at radius 3 is 2.94 bits per heavy atom. The lowest BCUT2D eigenvalue weighted by Crippen LogP contribution is -1.92. The largest absolute Gasteiger partial charge is 0.497 e. The van der Waals surface area contributed by atoms with Crippen LogP contribution < -0.4 is 4.74 Å². The van der Waals surface area contributed by atoms with Gasteiger partial charge in [0.25, 0.3) is 0 Å². The number of carboxylic acid groups (broad SMARTS) is 1. The molecule has 0 amide bonds. The summed E-state index contributed by atoms with van der Waals surface area (Å²) in [5.74, 6) is -0.364. The number of carboxylic acids is 1. The molecular weight excluding hydrogens is 206 g/mol. The molecule has 0 atom stereocenters. The fourth-order valence-corrected chi connectivity index (χ4v) is 1.27. The minimum atomic E-state index is -1.02. The van der Waals surface area contributed by atoms with Gasteiger partial charge in [-0.3, -0.25) is 0 Å². The second-order valence-corrected chi connectivity index (χ2v) is 3.07. The topological polar surface area (TPSA) is 70.3 Å². The highest BCUT2D eigenvalue weighted by Crippen LogP contribution is 2.19. The standard InChI is InChI=1S/C12H11NO3/c1-16-11-4-2-9(3-5-12(14)15)10(8-11)6-7-13/h2-5,8H,6H2,1H3,(H,14,15)/b5-3+. The van der Waals surface area contributed by atoms with Crippen molar-refractivity contribution in [1.82, 2.24) is 0 Å². The molecule has 1 aromatic carbocycles. The second kappa shape index (κ2) is 5.56. The van der Waals surface area contributed by atoms with Crippen molar-refractivity contribution in [3.63, 3.8) is 0 Å². The molecule has 0 saturated carbocycles. The summed E-state index contributed by atoms with van der Waals surface area (Å²) < 4.78 is 5.03. The first-order valence-corrected chi connectivity index (χ1v) is 4.62. The van der Waals surface area contributed by atoms with Crippen LogP contribution in [0.4, 0.5) is 0 Å². The first kappa shape index (κ1) is 11.8. The van der Waals surface area contributed by atoms with Crippen LogP contribution in [0.1, 0.15) is 11.1 Å². The van der Waals surface area contributed by atoms with Crippen molar-refractivity contribution in [2.45, 2.75) is 6.42 Å². The summed E-state index contributed by atoms with van der Waals surface area (Å²) in [6, 6.07) is 7.21. The van der Waals surface area contributed by atoms with Crippen LogP contribution in [0.3, 0.4) is 0 Å². The number of hydrogen-bond acceptors (Lipinski definition) is 3. The molecule has 82 valence electrons. The number of methoxy groups -OCH3 is 1. The highest BCUT2D eigenvalue weighted by molar-refractivity contribution is 5.85.